The molecule has 1 aromatic heterocycles. The summed E-state index contributed by atoms with van der Waals surface area (Å²) < 4.78 is 18.9. The number of rotatable bonds is 11. The average Bonchev–Trinajstić information content (AvgIpc) is 3.46. The molecule has 1 saturated heterocycles. The molecule has 0 bridgehead atoms. The molecule has 8 nitrogen and oxygen atoms in total. The predicted molar refractivity (Wildman–Crippen MR) is 164 cm³/mol. The van der Waals surface area contributed by atoms with E-state index in [0.717, 1.165) is 48.5 Å². The number of carbonyl (C=O) groups excluding carboxylic acids is 1. The van der Waals surface area contributed by atoms with Gasteiger partial charge in [-0.15, -0.1) is 10.2 Å². The SMILES string of the molecule is C=CCOC(=O)NCc1ccccc1-c1ccc([C@H]2O[C@@H](CSc3nnc(C)s3)C[C@@H](c3ccc(CO)cc3)O2)cc1. The van der Waals surface area contributed by atoms with Crippen LogP contribution in [0.5, 0.6) is 0 Å². The number of hydrogen-bond acceptors (Lipinski definition) is 9. The molecule has 1 aliphatic rings. The summed E-state index contributed by atoms with van der Waals surface area (Å²) in [6.07, 6.45) is 0.978. The van der Waals surface area contributed by atoms with Crippen molar-refractivity contribution in [3.8, 4) is 11.1 Å². The van der Waals surface area contributed by atoms with E-state index in [2.05, 4.69) is 22.1 Å². The fourth-order valence-electron chi connectivity index (χ4n) is 4.65. The standard InChI is InChI=1S/C32H33N3O5S2/c1-3-16-38-31(37)33-18-26-6-4-5-7-28(26)23-12-14-25(15-13-23)30-39-27(20-41-32-35-34-21(2)42-32)17-29(40-30)24-10-8-22(19-36)9-11-24/h3-15,27,29-30,36H,1,16-20H2,2H3,(H,33,37)/t27-,29+,30+/m1/s1. The van der Waals surface area contributed by atoms with E-state index in [4.69, 9.17) is 14.2 Å². The smallest absolute Gasteiger partial charge is 0.407 e. The van der Waals surface area contributed by atoms with Crippen LogP contribution in [-0.4, -0.2) is 39.9 Å². The number of hydrogen-bond donors (Lipinski definition) is 2. The summed E-state index contributed by atoms with van der Waals surface area (Å²) >= 11 is 3.23. The zero-order valence-electron chi connectivity index (χ0n) is 23.3. The maximum atomic E-state index is 11.9. The Morgan fingerprint density at radius 3 is 2.57 bits per heavy atom. The molecule has 1 fully saturated rings. The second kappa shape index (κ2) is 14.6. The van der Waals surface area contributed by atoms with E-state index in [-0.39, 0.29) is 25.4 Å². The molecule has 4 aromatic rings. The lowest BCUT2D eigenvalue weighted by Gasteiger charge is -2.36. The maximum Gasteiger partial charge on any atom is 0.407 e. The molecule has 2 heterocycles. The zero-order valence-corrected chi connectivity index (χ0v) is 24.9. The van der Waals surface area contributed by atoms with Crippen LogP contribution in [0, 0.1) is 6.92 Å². The molecular weight excluding hydrogens is 571 g/mol. The molecule has 1 aliphatic heterocycles. The predicted octanol–water partition coefficient (Wildman–Crippen LogP) is 6.76. The summed E-state index contributed by atoms with van der Waals surface area (Å²) in [5, 5.41) is 21.6. The van der Waals surface area contributed by atoms with Crippen molar-refractivity contribution >= 4 is 29.2 Å². The minimum atomic E-state index is -0.548. The minimum Gasteiger partial charge on any atom is -0.445 e. The fourth-order valence-corrected chi connectivity index (χ4v) is 6.51. The van der Waals surface area contributed by atoms with E-state index in [9.17, 15) is 9.90 Å². The van der Waals surface area contributed by atoms with Crippen molar-refractivity contribution in [3.63, 3.8) is 0 Å². The van der Waals surface area contributed by atoms with E-state index in [0.29, 0.717) is 13.0 Å². The van der Waals surface area contributed by atoms with Crippen LogP contribution >= 0.6 is 23.1 Å². The number of aliphatic hydroxyl groups is 1. The van der Waals surface area contributed by atoms with Crippen molar-refractivity contribution in [1.82, 2.24) is 15.5 Å². The Kier molecular flexibility index (Phi) is 10.4. The van der Waals surface area contributed by atoms with Gasteiger partial charge in [0.2, 0.25) is 0 Å². The molecule has 1 amide bonds. The molecule has 0 saturated carbocycles. The van der Waals surface area contributed by atoms with Gasteiger partial charge in [0, 0.05) is 24.3 Å². The van der Waals surface area contributed by atoms with Gasteiger partial charge in [0.15, 0.2) is 10.6 Å². The quantitative estimate of drug-likeness (QED) is 0.143. The lowest BCUT2D eigenvalue weighted by atomic mass is 9.98. The third-order valence-corrected chi connectivity index (χ3v) is 8.89. The minimum absolute atomic E-state index is 0.00298. The molecule has 3 atom stereocenters. The Bertz CT molecular complexity index is 1480. The van der Waals surface area contributed by atoms with Gasteiger partial charge in [0.05, 0.1) is 18.8 Å². The molecular formula is C32H33N3O5S2. The monoisotopic (exact) mass is 603 g/mol. The van der Waals surface area contributed by atoms with Crippen molar-refractivity contribution in [2.75, 3.05) is 12.4 Å². The number of aromatic nitrogens is 2. The van der Waals surface area contributed by atoms with Crippen LogP contribution in [0.1, 0.15) is 46.1 Å². The molecule has 3 aromatic carbocycles. The molecule has 0 spiro atoms. The van der Waals surface area contributed by atoms with Crippen LogP contribution in [0.2, 0.25) is 0 Å². The van der Waals surface area contributed by atoms with Gasteiger partial charge in [0.25, 0.3) is 0 Å². The number of thioether (sulfide) groups is 1. The summed E-state index contributed by atoms with van der Waals surface area (Å²) in [7, 11) is 0. The summed E-state index contributed by atoms with van der Waals surface area (Å²) in [5.74, 6) is 0.730. The van der Waals surface area contributed by atoms with E-state index in [1.165, 1.54) is 6.08 Å². The van der Waals surface area contributed by atoms with Gasteiger partial charge in [-0.1, -0.05) is 109 Å². The van der Waals surface area contributed by atoms with Crippen LogP contribution < -0.4 is 5.32 Å². The maximum absolute atomic E-state index is 11.9. The van der Waals surface area contributed by atoms with Crippen LogP contribution in [0.25, 0.3) is 11.1 Å². The number of aryl methyl sites for hydroxylation is 1. The Morgan fingerprint density at radius 1 is 1.10 bits per heavy atom. The van der Waals surface area contributed by atoms with Crippen molar-refractivity contribution in [2.24, 2.45) is 0 Å². The van der Waals surface area contributed by atoms with Crippen molar-refractivity contribution in [1.29, 1.82) is 0 Å². The third kappa shape index (κ3) is 7.84. The van der Waals surface area contributed by atoms with Crippen LogP contribution in [-0.2, 0) is 27.4 Å². The van der Waals surface area contributed by atoms with Crippen molar-refractivity contribution in [2.45, 2.75) is 49.3 Å². The van der Waals surface area contributed by atoms with Gasteiger partial charge in [-0.3, -0.25) is 0 Å². The first-order valence-corrected chi connectivity index (χ1v) is 15.5. The second-order valence-corrected chi connectivity index (χ2v) is 12.2. The summed E-state index contributed by atoms with van der Waals surface area (Å²) in [6, 6.07) is 24.0. The summed E-state index contributed by atoms with van der Waals surface area (Å²) in [5.41, 5.74) is 5.83. The number of amides is 1. The number of alkyl carbamates (subject to hydrolysis) is 1. The van der Waals surface area contributed by atoms with E-state index >= 15 is 0 Å². The number of aliphatic hydroxyl groups excluding tert-OH is 1. The lowest BCUT2D eigenvalue weighted by Crippen LogP contribution is -2.31. The first kappa shape index (κ1) is 29.9. The Morgan fingerprint density at radius 2 is 1.86 bits per heavy atom. The molecule has 5 rings (SSSR count). The largest absolute Gasteiger partial charge is 0.445 e. The molecule has 218 valence electrons. The number of nitrogens with zero attached hydrogens (tertiary/aromatic N) is 2. The molecule has 0 radical (unpaired) electrons. The highest BCUT2D eigenvalue weighted by Gasteiger charge is 2.32. The van der Waals surface area contributed by atoms with Crippen molar-refractivity contribution < 1.29 is 24.1 Å². The average molecular weight is 604 g/mol. The first-order chi connectivity index (χ1) is 20.5. The van der Waals surface area contributed by atoms with Crippen LogP contribution in [0.3, 0.4) is 0 Å². The fraction of sp³-hybridized carbons (Fsp3) is 0.281. The molecule has 2 N–H and O–H groups in total. The van der Waals surface area contributed by atoms with E-state index in [1.807, 2.05) is 79.7 Å². The molecule has 0 unspecified atom stereocenters. The Hall–Kier alpha value is -3.54. The van der Waals surface area contributed by atoms with Crippen molar-refractivity contribution in [3.05, 3.63) is 113 Å². The van der Waals surface area contributed by atoms with Gasteiger partial charge in [0.1, 0.15) is 11.6 Å². The Balaban J connectivity index is 1.32. The van der Waals surface area contributed by atoms with Gasteiger partial charge in [-0.05, 0) is 34.7 Å². The van der Waals surface area contributed by atoms with Gasteiger partial charge >= 0.3 is 6.09 Å². The highest BCUT2D eigenvalue weighted by molar-refractivity contribution is 8.01. The summed E-state index contributed by atoms with van der Waals surface area (Å²) in [4.78, 5) is 11.9. The third-order valence-electron chi connectivity index (χ3n) is 6.78. The lowest BCUT2D eigenvalue weighted by molar-refractivity contribution is -0.245. The topological polar surface area (TPSA) is 103 Å². The number of nitrogens with one attached hydrogen (secondary N) is 1. The highest BCUT2D eigenvalue weighted by Crippen LogP contribution is 2.40. The van der Waals surface area contributed by atoms with Gasteiger partial charge < -0.3 is 24.6 Å². The molecule has 42 heavy (non-hydrogen) atoms. The van der Waals surface area contributed by atoms with E-state index in [1.54, 1.807) is 23.1 Å². The van der Waals surface area contributed by atoms with Crippen LogP contribution in [0.4, 0.5) is 4.79 Å². The number of benzene rings is 3. The summed E-state index contributed by atoms with van der Waals surface area (Å²) in [6.45, 7) is 6.02. The Labute approximate surface area is 253 Å². The molecule has 0 aliphatic carbocycles. The van der Waals surface area contributed by atoms with Gasteiger partial charge in [-0.2, -0.15) is 0 Å². The van der Waals surface area contributed by atoms with E-state index < -0.39 is 12.4 Å². The molecule has 10 heteroatoms. The second-order valence-electron chi connectivity index (χ2n) is 9.77. The number of carbonyl (C=O) groups is 1. The normalized spacial score (nSPS) is 18.4. The van der Waals surface area contributed by atoms with Crippen LogP contribution in [0.15, 0.2) is 89.8 Å². The number of ether oxygens (including phenoxy) is 3. The zero-order chi connectivity index (χ0) is 29.3. The highest BCUT2D eigenvalue weighted by atomic mass is 32.2. The van der Waals surface area contributed by atoms with Gasteiger partial charge in [-0.25, -0.2) is 4.79 Å². The first-order valence-electron chi connectivity index (χ1n) is 13.7.